The van der Waals surface area contributed by atoms with E-state index in [0.717, 1.165) is 18.5 Å². The molecule has 2 rings (SSSR count). The van der Waals surface area contributed by atoms with Crippen molar-refractivity contribution < 1.29 is 17.9 Å². The van der Waals surface area contributed by atoms with E-state index in [0.29, 0.717) is 12.5 Å². The summed E-state index contributed by atoms with van der Waals surface area (Å²) in [6.45, 7) is -0.154. The van der Waals surface area contributed by atoms with Crippen LogP contribution in [0.25, 0.3) is 0 Å². The summed E-state index contributed by atoms with van der Waals surface area (Å²) < 4.78 is 41.4. The smallest absolute Gasteiger partial charge is 0.422 e. The Hall–Kier alpha value is -2.70. The van der Waals surface area contributed by atoms with Crippen LogP contribution in [-0.2, 0) is 13.0 Å². The Bertz CT molecular complexity index is 703. The predicted octanol–water partition coefficient (Wildman–Crippen LogP) is 3.54. The number of ether oxygens (including phenoxy) is 1. The second-order valence-corrected chi connectivity index (χ2v) is 5.64. The van der Waals surface area contributed by atoms with Crippen LogP contribution >= 0.6 is 0 Å². The van der Waals surface area contributed by atoms with Gasteiger partial charge in [-0.1, -0.05) is 42.5 Å². The number of rotatable bonds is 7. The highest BCUT2D eigenvalue weighted by atomic mass is 19.4. The Kier molecular flexibility index (Phi) is 7.32. The van der Waals surface area contributed by atoms with E-state index in [1.807, 2.05) is 24.3 Å². The summed E-state index contributed by atoms with van der Waals surface area (Å²) in [6.07, 6.45) is -3.48. The minimum Gasteiger partial charge on any atom is -0.484 e. The second-order valence-electron chi connectivity index (χ2n) is 5.64. The molecule has 26 heavy (non-hydrogen) atoms. The van der Waals surface area contributed by atoms with Gasteiger partial charge < -0.3 is 15.4 Å². The zero-order chi connectivity index (χ0) is 18.8. The topological polar surface area (TPSA) is 45.7 Å². The first-order valence-electron chi connectivity index (χ1n) is 8.23. The number of nitrogens with one attached hydrogen (secondary N) is 2. The molecule has 2 aromatic rings. The molecule has 2 N–H and O–H groups in total. The van der Waals surface area contributed by atoms with Crippen molar-refractivity contribution in [3.8, 4) is 5.75 Å². The monoisotopic (exact) mass is 365 g/mol. The number of hydrogen-bond acceptors (Lipinski definition) is 2. The SMILES string of the molecule is CN=C(NCCc1ccccc1)NCc1cccc(OCC(F)(F)F)c1. The van der Waals surface area contributed by atoms with Crippen molar-refractivity contribution in [2.24, 2.45) is 4.99 Å². The highest BCUT2D eigenvalue weighted by molar-refractivity contribution is 5.79. The lowest BCUT2D eigenvalue weighted by Crippen LogP contribution is -2.37. The van der Waals surface area contributed by atoms with E-state index in [2.05, 4.69) is 27.8 Å². The molecule has 0 bridgehead atoms. The quantitative estimate of drug-likeness (QED) is 0.583. The van der Waals surface area contributed by atoms with Crippen LogP contribution in [0.3, 0.4) is 0 Å². The molecule has 0 fully saturated rings. The Balaban J connectivity index is 1.78. The third-order valence-electron chi connectivity index (χ3n) is 3.53. The molecule has 0 radical (unpaired) electrons. The van der Waals surface area contributed by atoms with E-state index >= 15 is 0 Å². The fraction of sp³-hybridized carbons (Fsp3) is 0.316. The van der Waals surface area contributed by atoms with Crippen LogP contribution in [0.15, 0.2) is 59.6 Å². The van der Waals surface area contributed by atoms with Crippen molar-refractivity contribution in [3.63, 3.8) is 0 Å². The Morgan fingerprint density at radius 3 is 2.42 bits per heavy atom. The zero-order valence-corrected chi connectivity index (χ0v) is 14.5. The van der Waals surface area contributed by atoms with Crippen LogP contribution in [0.4, 0.5) is 13.2 Å². The van der Waals surface area contributed by atoms with E-state index in [9.17, 15) is 13.2 Å². The molecule has 0 aliphatic rings. The molecule has 2 aromatic carbocycles. The summed E-state index contributed by atoms with van der Waals surface area (Å²) in [5.74, 6) is 0.816. The van der Waals surface area contributed by atoms with Gasteiger partial charge in [-0.15, -0.1) is 0 Å². The predicted molar refractivity (Wildman–Crippen MR) is 96.3 cm³/mol. The van der Waals surface area contributed by atoms with Crippen LogP contribution in [-0.4, -0.2) is 32.3 Å². The van der Waals surface area contributed by atoms with Gasteiger partial charge in [0.25, 0.3) is 0 Å². The molecule has 0 heterocycles. The number of hydrogen-bond donors (Lipinski definition) is 2. The maximum atomic E-state index is 12.2. The van der Waals surface area contributed by atoms with Crippen molar-refractivity contribution in [3.05, 3.63) is 65.7 Å². The number of benzene rings is 2. The maximum absolute atomic E-state index is 12.2. The average Bonchev–Trinajstić information content (AvgIpc) is 2.63. The largest absolute Gasteiger partial charge is 0.484 e. The Morgan fingerprint density at radius 2 is 1.73 bits per heavy atom. The van der Waals surface area contributed by atoms with E-state index in [4.69, 9.17) is 4.74 Å². The third-order valence-corrected chi connectivity index (χ3v) is 3.53. The van der Waals surface area contributed by atoms with Gasteiger partial charge in [0.1, 0.15) is 5.75 Å². The molecule has 0 aliphatic carbocycles. The van der Waals surface area contributed by atoms with Crippen LogP contribution in [0, 0.1) is 0 Å². The van der Waals surface area contributed by atoms with Gasteiger partial charge in [-0.25, -0.2) is 0 Å². The van der Waals surface area contributed by atoms with Crippen molar-refractivity contribution in [2.75, 3.05) is 20.2 Å². The number of aliphatic imine (C=N–C) groups is 1. The van der Waals surface area contributed by atoms with Gasteiger partial charge in [0, 0.05) is 20.1 Å². The lowest BCUT2D eigenvalue weighted by Gasteiger charge is -2.13. The first-order valence-corrected chi connectivity index (χ1v) is 8.23. The van der Waals surface area contributed by atoms with Gasteiger partial charge in [0.2, 0.25) is 0 Å². The molecule has 0 aromatic heterocycles. The van der Waals surface area contributed by atoms with E-state index in [1.54, 1.807) is 19.2 Å². The summed E-state index contributed by atoms with van der Waals surface area (Å²) in [4.78, 5) is 4.14. The molecular formula is C19H22F3N3O. The minimum atomic E-state index is -4.35. The molecule has 0 unspecified atom stereocenters. The first kappa shape index (κ1) is 19.6. The Morgan fingerprint density at radius 1 is 1.00 bits per heavy atom. The van der Waals surface area contributed by atoms with Gasteiger partial charge >= 0.3 is 6.18 Å². The second kappa shape index (κ2) is 9.70. The van der Waals surface area contributed by atoms with Crippen molar-refractivity contribution in [1.29, 1.82) is 0 Å². The molecule has 0 amide bonds. The lowest BCUT2D eigenvalue weighted by atomic mass is 10.1. The number of alkyl halides is 3. The summed E-state index contributed by atoms with van der Waals surface area (Å²) in [6, 6.07) is 16.6. The highest BCUT2D eigenvalue weighted by Crippen LogP contribution is 2.19. The summed E-state index contributed by atoms with van der Waals surface area (Å²) in [5.41, 5.74) is 2.03. The molecule has 0 saturated carbocycles. The van der Waals surface area contributed by atoms with Crippen molar-refractivity contribution >= 4 is 5.96 Å². The van der Waals surface area contributed by atoms with E-state index in [1.165, 1.54) is 11.6 Å². The summed E-state index contributed by atoms with van der Waals surface area (Å²) >= 11 is 0. The normalized spacial score (nSPS) is 11.9. The number of nitrogens with zero attached hydrogens (tertiary/aromatic N) is 1. The number of guanidine groups is 1. The van der Waals surface area contributed by atoms with Gasteiger partial charge in [-0.3, -0.25) is 4.99 Å². The molecule has 4 nitrogen and oxygen atoms in total. The van der Waals surface area contributed by atoms with Crippen molar-refractivity contribution in [1.82, 2.24) is 10.6 Å². The minimum absolute atomic E-state index is 0.189. The average molecular weight is 365 g/mol. The Labute approximate surface area is 151 Å². The van der Waals surface area contributed by atoms with Crippen LogP contribution in [0.1, 0.15) is 11.1 Å². The third kappa shape index (κ3) is 7.46. The van der Waals surface area contributed by atoms with Gasteiger partial charge in [-0.2, -0.15) is 13.2 Å². The fourth-order valence-electron chi connectivity index (χ4n) is 2.29. The molecule has 0 saturated heterocycles. The van der Waals surface area contributed by atoms with Gasteiger partial charge in [-0.05, 0) is 29.7 Å². The molecule has 0 aliphatic heterocycles. The van der Waals surface area contributed by atoms with Gasteiger partial charge in [0.15, 0.2) is 12.6 Å². The first-order chi connectivity index (χ1) is 12.5. The molecule has 0 spiro atoms. The van der Waals surface area contributed by atoms with Crippen molar-refractivity contribution in [2.45, 2.75) is 19.1 Å². The summed E-state index contributed by atoms with van der Waals surface area (Å²) in [7, 11) is 1.67. The molecular weight excluding hydrogens is 343 g/mol. The maximum Gasteiger partial charge on any atom is 0.422 e. The summed E-state index contributed by atoms with van der Waals surface area (Å²) in [5, 5.41) is 6.34. The van der Waals surface area contributed by atoms with Crippen LogP contribution in [0.2, 0.25) is 0 Å². The fourth-order valence-corrected chi connectivity index (χ4v) is 2.29. The zero-order valence-electron chi connectivity index (χ0n) is 14.5. The lowest BCUT2D eigenvalue weighted by molar-refractivity contribution is -0.153. The van der Waals surface area contributed by atoms with Gasteiger partial charge in [0.05, 0.1) is 0 Å². The highest BCUT2D eigenvalue weighted by Gasteiger charge is 2.28. The molecule has 7 heteroatoms. The molecule has 140 valence electrons. The number of halogens is 3. The van der Waals surface area contributed by atoms with Crippen LogP contribution in [0.5, 0.6) is 5.75 Å². The van der Waals surface area contributed by atoms with E-state index < -0.39 is 12.8 Å². The van der Waals surface area contributed by atoms with Crippen LogP contribution < -0.4 is 15.4 Å². The molecule has 0 atom stereocenters. The standard InChI is InChI=1S/C19H22F3N3O/c1-23-18(24-11-10-15-6-3-2-4-7-15)25-13-16-8-5-9-17(12-16)26-14-19(20,21)22/h2-9,12H,10-11,13-14H2,1H3,(H2,23,24,25). The van der Waals surface area contributed by atoms with E-state index in [-0.39, 0.29) is 5.75 Å².